The molecule has 1 N–H and O–H groups in total. The van der Waals surface area contributed by atoms with Crippen LogP contribution in [0.4, 0.5) is 4.79 Å². The zero-order valence-electron chi connectivity index (χ0n) is 11.5. The number of benzene rings is 1. The third kappa shape index (κ3) is 2.37. The summed E-state index contributed by atoms with van der Waals surface area (Å²) in [6, 6.07) is 7.67. The Labute approximate surface area is 117 Å². The second-order valence-electron chi connectivity index (χ2n) is 5.10. The molecule has 2 aliphatic rings. The predicted molar refractivity (Wildman–Crippen MR) is 78.1 cm³/mol. The van der Waals surface area contributed by atoms with Gasteiger partial charge in [-0.2, -0.15) is 4.99 Å². The van der Waals surface area contributed by atoms with Crippen molar-refractivity contribution in [3.05, 3.63) is 53.8 Å². The van der Waals surface area contributed by atoms with Crippen LogP contribution in [0.3, 0.4) is 0 Å². The Morgan fingerprint density at radius 3 is 2.90 bits per heavy atom. The van der Waals surface area contributed by atoms with Gasteiger partial charge in [-0.15, -0.1) is 0 Å². The lowest BCUT2D eigenvalue weighted by atomic mass is 9.92. The minimum Gasteiger partial charge on any atom is -0.491 e. The Kier molecular flexibility index (Phi) is 3.14. The van der Waals surface area contributed by atoms with Crippen molar-refractivity contribution in [2.45, 2.75) is 25.9 Å². The van der Waals surface area contributed by atoms with Gasteiger partial charge in [0.15, 0.2) is 0 Å². The van der Waals surface area contributed by atoms with Crippen molar-refractivity contribution in [2.75, 3.05) is 0 Å². The van der Waals surface area contributed by atoms with Crippen molar-refractivity contribution in [2.24, 2.45) is 4.99 Å². The van der Waals surface area contributed by atoms with E-state index in [1.54, 1.807) is 0 Å². The molecular weight excluding hydrogens is 252 g/mol. The van der Waals surface area contributed by atoms with Crippen LogP contribution in [-0.4, -0.2) is 17.8 Å². The highest BCUT2D eigenvalue weighted by molar-refractivity contribution is 6.19. The van der Waals surface area contributed by atoms with Crippen LogP contribution < -0.4 is 10.1 Å². The second-order valence-corrected chi connectivity index (χ2v) is 5.10. The molecule has 20 heavy (non-hydrogen) atoms. The van der Waals surface area contributed by atoms with Crippen molar-refractivity contribution in [1.82, 2.24) is 5.32 Å². The molecule has 0 fully saturated rings. The van der Waals surface area contributed by atoms with E-state index in [1.807, 2.05) is 56.3 Å². The first-order chi connectivity index (χ1) is 9.63. The fraction of sp³-hybridized carbons (Fsp3) is 0.250. The number of hydrogen-bond acceptors (Lipinski definition) is 2. The molecule has 1 aliphatic carbocycles. The van der Waals surface area contributed by atoms with Gasteiger partial charge in [0.05, 0.1) is 17.5 Å². The van der Waals surface area contributed by atoms with E-state index in [1.165, 1.54) is 0 Å². The maximum absolute atomic E-state index is 11.3. The van der Waals surface area contributed by atoms with Gasteiger partial charge in [-0.25, -0.2) is 4.79 Å². The van der Waals surface area contributed by atoms with E-state index in [2.05, 4.69) is 10.3 Å². The van der Waals surface area contributed by atoms with Gasteiger partial charge in [0.1, 0.15) is 5.75 Å². The molecule has 1 aromatic carbocycles. The number of fused-ring (bicyclic) bond motifs is 1. The van der Waals surface area contributed by atoms with Gasteiger partial charge in [-0.1, -0.05) is 24.3 Å². The molecule has 4 heteroatoms. The molecule has 1 aromatic rings. The Balaban J connectivity index is 1.93. The summed E-state index contributed by atoms with van der Waals surface area (Å²) in [5.74, 6) is 0.955. The summed E-state index contributed by atoms with van der Waals surface area (Å²) in [6.45, 7) is 4.02. The van der Waals surface area contributed by atoms with Gasteiger partial charge in [-0.05, 0) is 32.1 Å². The number of carbonyl (C=O) groups excluding carboxylic acids is 1. The lowest BCUT2D eigenvalue weighted by Gasteiger charge is -2.19. The fourth-order valence-electron chi connectivity index (χ4n) is 2.37. The number of rotatable bonds is 3. The maximum atomic E-state index is 11.3. The van der Waals surface area contributed by atoms with Crippen molar-refractivity contribution in [3.8, 4) is 5.75 Å². The summed E-state index contributed by atoms with van der Waals surface area (Å²) < 4.78 is 5.85. The first-order valence-electron chi connectivity index (χ1n) is 6.69. The Morgan fingerprint density at radius 2 is 2.10 bits per heavy atom. The van der Waals surface area contributed by atoms with E-state index >= 15 is 0 Å². The number of amides is 2. The zero-order valence-corrected chi connectivity index (χ0v) is 11.5. The van der Waals surface area contributed by atoms with E-state index in [4.69, 9.17) is 4.74 Å². The quantitative estimate of drug-likeness (QED) is 0.915. The number of para-hydroxylation sites is 1. The summed E-state index contributed by atoms with van der Waals surface area (Å²) in [7, 11) is 0. The van der Waals surface area contributed by atoms with Crippen LogP contribution >= 0.6 is 0 Å². The summed E-state index contributed by atoms with van der Waals surface area (Å²) in [6.07, 6.45) is 6.04. The van der Waals surface area contributed by atoms with Crippen LogP contribution in [-0.2, 0) is 0 Å². The number of carbonyl (C=O) groups is 1. The van der Waals surface area contributed by atoms with Crippen molar-refractivity contribution >= 4 is 11.7 Å². The molecule has 0 bridgehead atoms. The normalized spacial score (nSPS) is 20.4. The lowest BCUT2D eigenvalue weighted by molar-refractivity contribution is 0.240. The fourth-order valence-corrected chi connectivity index (χ4v) is 2.37. The minimum atomic E-state index is -0.303. The average Bonchev–Trinajstić information content (AvgIpc) is 2.77. The number of aliphatic imine (C=N–C) groups is 1. The predicted octanol–water partition coefficient (Wildman–Crippen LogP) is 3.18. The standard InChI is InChI=1S/C16H16N2O2/c1-10(2)20-15-6-4-3-5-12(15)11-7-8-13-14(9-11)18-16(19)17-13/h3-11H,1-2H3,(H,18,19). The number of ether oxygens (including phenoxy) is 1. The smallest absolute Gasteiger partial charge is 0.346 e. The Bertz CT molecular complexity index is 642. The molecule has 4 nitrogen and oxygen atoms in total. The Morgan fingerprint density at radius 1 is 1.30 bits per heavy atom. The largest absolute Gasteiger partial charge is 0.491 e. The molecule has 2 amide bonds. The molecule has 1 aliphatic heterocycles. The van der Waals surface area contributed by atoms with Gasteiger partial charge in [-0.3, -0.25) is 0 Å². The van der Waals surface area contributed by atoms with Crippen LogP contribution in [0, 0.1) is 0 Å². The minimum absolute atomic E-state index is 0.0808. The van der Waals surface area contributed by atoms with Gasteiger partial charge >= 0.3 is 6.03 Å². The number of hydrogen-bond donors (Lipinski definition) is 1. The van der Waals surface area contributed by atoms with Crippen LogP contribution in [0.2, 0.25) is 0 Å². The van der Waals surface area contributed by atoms with E-state index in [0.29, 0.717) is 5.71 Å². The van der Waals surface area contributed by atoms with E-state index in [9.17, 15) is 4.79 Å². The SMILES string of the molecule is CC(C)Oc1ccccc1C1C=CC2=NC(=O)NC2=C1. The summed E-state index contributed by atoms with van der Waals surface area (Å²) in [5.41, 5.74) is 2.57. The van der Waals surface area contributed by atoms with Crippen LogP contribution in [0.25, 0.3) is 0 Å². The number of nitrogens with one attached hydrogen (secondary N) is 1. The Hall–Kier alpha value is -2.36. The topological polar surface area (TPSA) is 50.7 Å². The summed E-state index contributed by atoms with van der Waals surface area (Å²) >= 11 is 0. The first-order valence-corrected chi connectivity index (χ1v) is 6.69. The summed E-state index contributed by atoms with van der Waals surface area (Å²) in [5, 5.41) is 2.74. The average molecular weight is 268 g/mol. The van der Waals surface area contributed by atoms with Gasteiger partial charge < -0.3 is 10.1 Å². The van der Waals surface area contributed by atoms with Crippen LogP contribution in [0.15, 0.2) is 53.2 Å². The van der Waals surface area contributed by atoms with Gasteiger partial charge in [0.2, 0.25) is 0 Å². The molecule has 1 heterocycles. The van der Waals surface area contributed by atoms with Crippen molar-refractivity contribution in [1.29, 1.82) is 0 Å². The highest BCUT2D eigenvalue weighted by Gasteiger charge is 2.23. The first kappa shape index (κ1) is 12.7. The van der Waals surface area contributed by atoms with Crippen molar-refractivity contribution in [3.63, 3.8) is 0 Å². The van der Waals surface area contributed by atoms with E-state index < -0.39 is 0 Å². The lowest BCUT2D eigenvalue weighted by Crippen LogP contribution is -2.17. The van der Waals surface area contributed by atoms with Crippen LogP contribution in [0.5, 0.6) is 5.75 Å². The maximum Gasteiger partial charge on any atom is 0.346 e. The number of nitrogens with zero attached hydrogens (tertiary/aromatic N) is 1. The second kappa shape index (κ2) is 4.96. The molecule has 3 rings (SSSR count). The molecule has 0 saturated carbocycles. The molecule has 1 unspecified atom stereocenters. The molecule has 102 valence electrons. The van der Waals surface area contributed by atoms with E-state index in [0.717, 1.165) is 17.0 Å². The van der Waals surface area contributed by atoms with Gasteiger partial charge in [0, 0.05) is 11.5 Å². The number of urea groups is 1. The number of allylic oxidation sites excluding steroid dienone is 3. The van der Waals surface area contributed by atoms with Crippen LogP contribution in [0.1, 0.15) is 25.3 Å². The third-order valence-electron chi connectivity index (χ3n) is 3.19. The molecule has 1 atom stereocenters. The highest BCUT2D eigenvalue weighted by Crippen LogP contribution is 2.32. The molecular formula is C16H16N2O2. The zero-order chi connectivity index (χ0) is 14.1. The van der Waals surface area contributed by atoms with Crippen molar-refractivity contribution < 1.29 is 9.53 Å². The summed E-state index contributed by atoms with van der Waals surface area (Å²) in [4.78, 5) is 15.2. The molecule has 0 saturated heterocycles. The molecule has 0 spiro atoms. The monoisotopic (exact) mass is 268 g/mol. The van der Waals surface area contributed by atoms with E-state index in [-0.39, 0.29) is 18.1 Å². The molecule has 0 aromatic heterocycles. The highest BCUT2D eigenvalue weighted by atomic mass is 16.5. The van der Waals surface area contributed by atoms with Gasteiger partial charge in [0.25, 0.3) is 0 Å². The molecule has 0 radical (unpaired) electrons. The third-order valence-corrected chi connectivity index (χ3v) is 3.19.